The standard InChI is InChI=1S/C19H19NO6/c1-11-7-12(2)18(13(3)8-11)16(21)10-26-19(22)15-9-14(20(23)24)5-6-17(15)25-4/h5-9H,10H2,1-4H3. The van der Waals surface area contributed by atoms with Crippen molar-refractivity contribution in [2.45, 2.75) is 20.8 Å². The SMILES string of the molecule is COc1ccc([N+](=O)[O-])cc1C(=O)OCC(=O)c1c(C)cc(C)cc1C. The van der Waals surface area contributed by atoms with Gasteiger partial charge in [-0.05, 0) is 38.0 Å². The Morgan fingerprint density at radius 1 is 1.08 bits per heavy atom. The fourth-order valence-corrected chi connectivity index (χ4v) is 2.87. The Bertz CT molecular complexity index is 865. The first kappa shape index (κ1) is 19.1. The van der Waals surface area contributed by atoms with Crippen LogP contribution in [0.4, 0.5) is 5.69 Å². The number of ether oxygens (including phenoxy) is 2. The third-order valence-corrected chi connectivity index (χ3v) is 3.90. The minimum absolute atomic E-state index is 0.105. The normalized spacial score (nSPS) is 10.3. The van der Waals surface area contributed by atoms with Crippen LogP contribution in [0, 0.1) is 30.9 Å². The van der Waals surface area contributed by atoms with E-state index in [1.54, 1.807) is 0 Å². The third-order valence-electron chi connectivity index (χ3n) is 3.90. The zero-order valence-corrected chi connectivity index (χ0v) is 15.0. The molecule has 7 nitrogen and oxygen atoms in total. The molecule has 0 N–H and O–H groups in total. The van der Waals surface area contributed by atoms with Gasteiger partial charge in [0.25, 0.3) is 5.69 Å². The van der Waals surface area contributed by atoms with Gasteiger partial charge in [0.05, 0.1) is 12.0 Å². The molecule has 0 radical (unpaired) electrons. The van der Waals surface area contributed by atoms with Gasteiger partial charge in [0, 0.05) is 17.7 Å². The molecule has 2 aromatic rings. The Morgan fingerprint density at radius 3 is 2.23 bits per heavy atom. The zero-order valence-electron chi connectivity index (χ0n) is 15.0. The van der Waals surface area contributed by atoms with Crippen molar-refractivity contribution in [1.82, 2.24) is 0 Å². The van der Waals surface area contributed by atoms with E-state index < -0.39 is 17.5 Å². The summed E-state index contributed by atoms with van der Waals surface area (Å²) in [5.41, 5.74) is 2.78. The van der Waals surface area contributed by atoms with Crippen molar-refractivity contribution in [1.29, 1.82) is 0 Å². The minimum atomic E-state index is -0.860. The Hall–Kier alpha value is -3.22. The van der Waals surface area contributed by atoms with Gasteiger partial charge in [0.2, 0.25) is 5.78 Å². The largest absolute Gasteiger partial charge is 0.496 e. The average molecular weight is 357 g/mol. The van der Waals surface area contributed by atoms with E-state index in [2.05, 4.69) is 0 Å². The Labute approximate surface area is 150 Å². The molecule has 0 bridgehead atoms. The molecule has 0 aliphatic heterocycles. The number of aryl methyl sites for hydroxylation is 3. The highest BCUT2D eigenvalue weighted by Crippen LogP contribution is 2.25. The number of Topliss-reactive ketones (excluding diaryl/α,β-unsaturated/α-hetero) is 1. The summed E-state index contributed by atoms with van der Waals surface area (Å²) in [5, 5.41) is 10.9. The molecule has 7 heteroatoms. The molecule has 0 saturated heterocycles. The molecule has 26 heavy (non-hydrogen) atoms. The summed E-state index contributed by atoms with van der Waals surface area (Å²) < 4.78 is 10.1. The number of non-ortho nitro benzene ring substituents is 1. The molecule has 0 amide bonds. The van der Waals surface area contributed by atoms with Crippen molar-refractivity contribution in [3.8, 4) is 5.75 Å². The van der Waals surface area contributed by atoms with Crippen molar-refractivity contribution in [2.24, 2.45) is 0 Å². The Morgan fingerprint density at radius 2 is 1.69 bits per heavy atom. The number of hydrogen-bond acceptors (Lipinski definition) is 6. The van der Waals surface area contributed by atoms with E-state index in [0.29, 0.717) is 5.56 Å². The van der Waals surface area contributed by atoms with E-state index in [9.17, 15) is 19.7 Å². The fourth-order valence-electron chi connectivity index (χ4n) is 2.87. The number of ketones is 1. The van der Waals surface area contributed by atoms with Gasteiger partial charge < -0.3 is 9.47 Å². The molecule has 0 spiro atoms. The van der Waals surface area contributed by atoms with Gasteiger partial charge in [-0.3, -0.25) is 14.9 Å². The first-order valence-corrected chi connectivity index (χ1v) is 7.85. The molecule has 0 saturated carbocycles. The molecule has 0 aliphatic rings. The van der Waals surface area contributed by atoms with E-state index in [1.807, 2.05) is 32.9 Å². The number of methoxy groups -OCH3 is 1. The zero-order chi connectivity index (χ0) is 19.4. The monoisotopic (exact) mass is 357 g/mol. The summed E-state index contributed by atoms with van der Waals surface area (Å²) >= 11 is 0. The lowest BCUT2D eigenvalue weighted by Gasteiger charge is -2.11. The third kappa shape index (κ3) is 4.05. The lowest BCUT2D eigenvalue weighted by atomic mass is 9.97. The van der Waals surface area contributed by atoms with Crippen LogP contribution in [-0.4, -0.2) is 30.4 Å². The van der Waals surface area contributed by atoms with Crippen LogP contribution in [0.3, 0.4) is 0 Å². The van der Waals surface area contributed by atoms with Gasteiger partial charge in [-0.25, -0.2) is 4.79 Å². The van der Waals surface area contributed by atoms with Crippen molar-refractivity contribution in [2.75, 3.05) is 13.7 Å². The van der Waals surface area contributed by atoms with Crippen LogP contribution in [0.2, 0.25) is 0 Å². The van der Waals surface area contributed by atoms with E-state index in [-0.39, 0.29) is 22.8 Å². The average Bonchev–Trinajstić information content (AvgIpc) is 2.58. The molecule has 2 rings (SSSR count). The second-order valence-electron chi connectivity index (χ2n) is 5.91. The first-order valence-electron chi connectivity index (χ1n) is 7.85. The molecule has 2 aromatic carbocycles. The van der Waals surface area contributed by atoms with Crippen LogP contribution in [0.15, 0.2) is 30.3 Å². The number of esters is 1. The van der Waals surface area contributed by atoms with E-state index >= 15 is 0 Å². The van der Waals surface area contributed by atoms with E-state index in [4.69, 9.17) is 9.47 Å². The van der Waals surface area contributed by atoms with Gasteiger partial charge >= 0.3 is 5.97 Å². The summed E-state index contributed by atoms with van der Waals surface area (Å²) in [6, 6.07) is 7.36. The molecule has 0 aromatic heterocycles. The summed E-state index contributed by atoms with van der Waals surface area (Å²) in [7, 11) is 1.34. The number of rotatable bonds is 6. The Balaban J connectivity index is 2.20. The number of benzene rings is 2. The second-order valence-corrected chi connectivity index (χ2v) is 5.91. The topological polar surface area (TPSA) is 95.7 Å². The van der Waals surface area contributed by atoms with Gasteiger partial charge in [-0.15, -0.1) is 0 Å². The molecule has 0 atom stereocenters. The van der Waals surface area contributed by atoms with Crippen LogP contribution < -0.4 is 4.74 Å². The summed E-state index contributed by atoms with van der Waals surface area (Å²) in [6.45, 7) is 5.11. The number of nitrogens with zero attached hydrogens (tertiary/aromatic N) is 1. The van der Waals surface area contributed by atoms with Crippen LogP contribution in [-0.2, 0) is 4.74 Å². The van der Waals surface area contributed by atoms with Gasteiger partial charge in [0.1, 0.15) is 11.3 Å². The Kier molecular flexibility index (Phi) is 5.71. The predicted molar refractivity (Wildman–Crippen MR) is 94.9 cm³/mol. The van der Waals surface area contributed by atoms with E-state index in [1.165, 1.54) is 19.2 Å². The number of carbonyl (C=O) groups excluding carboxylic acids is 2. The lowest BCUT2D eigenvalue weighted by molar-refractivity contribution is -0.384. The molecule has 136 valence electrons. The smallest absolute Gasteiger partial charge is 0.342 e. The molecule has 0 unspecified atom stereocenters. The molecule has 0 heterocycles. The highest BCUT2D eigenvalue weighted by molar-refractivity contribution is 6.02. The van der Waals surface area contributed by atoms with Crippen LogP contribution in [0.1, 0.15) is 37.4 Å². The van der Waals surface area contributed by atoms with Gasteiger partial charge in [-0.2, -0.15) is 0 Å². The van der Waals surface area contributed by atoms with Crippen molar-refractivity contribution in [3.05, 3.63) is 68.3 Å². The maximum absolute atomic E-state index is 12.4. The number of nitro benzene ring substituents is 1. The highest BCUT2D eigenvalue weighted by atomic mass is 16.6. The highest BCUT2D eigenvalue weighted by Gasteiger charge is 2.21. The minimum Gasteiger partial charge on any atom is -0.496 e. The predicted octanol–water partition coefficient (Wildman–Crippen LogP) is 3.57. The molecule has 0 aliphatic carbocycles. The summed E-state index contributed by atoms with van der Waals surface area (Å²) in [5.74, 6) is -1.06. The van der Waals surface area contributed by atoms with Crippen LogP contribution in [0.5, 0.6) is 5.75 Å². The molecule has 0 fully saturated rings. The first-order chi connectivity index (χ1) is 12.2. The second kappa shape index (κ2) is 7.77. The number of carbonyl (C=O) groups is 2. The van der Waals surface area contributed by atoms with Gasteiger partial charge in [0.15, 0.2) is 6.61 Å². The number of hydrogen-bond donors (Lipinski definition) is 0. The molecular formula is C19H19NO6. The lowest BCUT2D eigenvalue weighted by Crippen LogP contribution is -2.17. The van der Waals surface area contributed by atoms with Gasteiger partial charge in [-0.1, -0.05) is 17.7 Å². The maximum atomic E-state index is 12.4. The quantitative estimate of drug-likeness (QED) is 0.339. The van der Waals surface area contributed by atoms with E-state index in [0.717, 1.165) is 22.8 Å². The maximum Gasteiger partial charge on any atom is 0.342 e. The van der Waals surface area contributed by atoms with Crippen molar-refractivity contribution in [3.63, 3.8) is 0 Å². The van der Waals surface area contributed by atoms with Crippen LogP contribution >= 0.6 is 0 Å². The van der Waals surface area contributed by atoms with Crippen molar-refractivity contribution < 1.29 is 24.0 Å². The van der Waals surface area contributed by atoms with Crippen molar-refractivity contribution >= 4 is 17.4 Å². The van der Waals surface area contributed by atoms with Crippen LogP contribution in [0.25, 0.3) is 0 Å². The summed E-state index contributed by atoms with van der Waals surface area (Å²) in [6.07, 6.45) is 0. The summed E-state index contributed by atoms with van der Waals surface area (Å²) in [4.78, 5) is 35.0. The number of nitro groups is 1. The molecular weight excluding hydrogens is 338 g/mol. The fraction of sp³-hybridized carbons (Fsp3) is 0.263.